The molecule has 0 radical (unpaired) electrons. The van der Waals surface area contributed by atoms with Crippen LogP contribution in [0.5, 0.6) is 0 Å². The Labute approximate surface area is 176 Å². The van der Waals surface area contributed by atoms with Crippen LogP contribution in [-0.2, 0) is 11.3 Å². The number of para-hydroxylation sites is 1. The molecule has 0 aliphatic rings. The van der Waals surface area contributed by atoms with Gasteiger partial charge in [0.15, 0.2) is 0 Å². The quantitative estimate of drug-likeness (QED) is 0.431. The van der Waals surface area contributed by atoms with Gasteiger partial charge in [0.05, 0.1) is 23.2 Å². The molecule has 5 heteroatoms. The molecule has 1 heterocycles. The van der Waals surface area contributed by atoms with Crippen LogP contribution >= 0.6 is 0 Å². The van der Waals surface area contributed by atoms with Crippen molar-refractivity contribution < 1.29 is 9.53 Å². The third kappa shape index (κ3) is 3.98. The van der Waals surface area contributed by atoms with Gasteiger partial charge in [0.2, 0.25) is 0 Å². The number of aromatic nitrogens is 2. The summed E-state index contributed by atoms with van der Waals surface area (Å²) in [5.41, 5.74) is 6.47. The van der Waals surface area contributed by atoms with E-state index in [1.807, 2.05) is 49.6 Å². The monoisotopic (exact) mass is 399 g/mol. The summed E-state index contributed by atoms with van der Waals surface area (Å²) in [6, 6.07) is 22.2. The average molecular weight is 399 g/mol. The maximum absolute atomic E-state index is 12.5. The summed E-state index contributed by atoms with van der Waals surface area (Å²) in [6.45, 7) is 2.99. The van der Waals surface area contributed by atoms with E-state index in [4.69, 9.17) is 4.74 Å². The number of imidazole rings is 1. The first kappa shape index (κ1) is 19.9. The molecule has 0 aliphatic heterocycles. The Morgan fingerprint density at radius 3 is 2.57 bits per heavy atom. The van der Waals surface area contributed by atoms with Gasteiger partial charge in [-0.05, 0) is 62.5 Å². The third-order valence-corrected chi connectivity index (χ3v) is 4.93. The molecule has 0 fully saturated rings. The lowest BCUT2D eigenvalue weighted by molar-refractivity contribution is 0.0526. The number of carbonyl (C=O) groups is 1. The van der Waals surface area contributed by atoms with Gasteiger partial charge in [-0.1, -0.05) is 36.4 Å². The molecule has 0 saturated carbocycles. The van der Waals surface area contributed by atoms with Crippen molar-refractivity contribution in [3.63, 3.8) is 0 Å². The lowest BCUT2D eigenvalue weighted by Crippen LogP contribution is -2.10. The van der Waals surface area contributed by atoms with Gasteiger partial charge in [-0.2, -0.15) is 0 Å². The summed E-state index contributed by atoms with van der Waals surface area (Å²) < 4.78 is 7.32. The van der Waals surface area contributed by atoms with Gasteiger partial charge < -0.3 is 9.64 Å². The summed E-state index contributed by atoms with van der Waals surface area (Å²) >= 11 is 0. The van der Waals surface area contributed by atoms with E-state index >= 15 is 0 Å². The number of ether oxygens (including phenoxy) is 1. The summed E-state index contributed by atoms with van der Waals surface area (Å²) in [5, 5.41) is 0. The molecule has 0 N–H and O–H groups in total. The van der Waals surface area contributed by atoms with Crippen molar-refractivity contribution in [1.29, 1.82) is 0 Å². The second-order valence-electron chi connectivity index (χ2n) is 7.50. The molecular weight excluding hydrogens is 374 g/mol. The lowest BCUT2D eigenvalue weighted by Gasteiger charge is -2.14. The smallest absolute Gasteiger partial charge is 0.338 e. The zero-order valence-corrected chi connectivity index (χ0v) is 17.5. The van der Waals surface area contributed by atoms with Gasteiger partial charge in [0.25, 0.3) is 0 Å². The summed E-state index contributed by atoms with van der Waals surface area (Å²) in [7, 11) is 4.10. The Morgan fingerprint density at radius 1 is 1.03 bits per heavy atom. The molecule has 30 heavy (non-hydrogen) atoms. The van der Waals surface area contributed by atoms with Gasteiger partial charge in [0.1, 0.15) is 6.33 Å². The van der Waals surface area contributed by atoms with Crippen molar-refractivity contribution in [3.05, 3.63) is 84.2 Å². The normalized spacial score (nSPS) is 11.2. The Balaban J connectivity index is 1.95. The molecule has 0 atom stereocenters. The molecule has 0 bridgehead atoms. The minimum atomic E-state index is -0.334. The van der Waals surface area contributed by atoms with Crippen LogP contribution in [0.2, 0.25) is 0 Å². The summed E-state index contributed by atoms with van der Waals surface area (Å²) in [6.07, 6.45) is 1.81. The zero-order valence-electron chi connectivity index (χ0n) is 17.5. The van der Waals surface area contributed by atoms with Crippen LogP contribution in [0.3, 0.4) is 0 Å². The van der Waals surface area contributed by atoms with Gasteiger partial charge in [-0.15, -0.1) is 0 Å². The second kappa shape index (κ2) is 8.51. The number of nitrogens with zero attached hydrogens (tertiary/aromatic N) is 3. The summed E-state index contributed by atoms with van der Waals surface area (Å²) in [4.78, 5) is 19.2. The van der Waals surface area contributed by atoms with Crippen LogP contribution in [0.4, 0.5) is 0 Å². The van der Waals surface area contributed by atoms with Crippen molar-refractivity contribution in [1.82, 2.24) is 14.5 Å². The van der Waals surface area contributed by atoms with Crippen LogP contribution in [0, 0.1) is 0 Å². The van der Waals surface area contributed by atoms with Gasteiger partial charge in [0, 0.05) is 17.8 Å². The van der Waals surface area contributed by atoms with E-state index in [1.54, 1.807) is 6.07 Å². The first-order valence-corrected chi connectivity index (χ1v) is 10.0. The largest absolute Gasteiger partial charge is 0.462 e. The molecule has 0 amide bonds. The molecule has 0 aliphatic carbocycles. The van der Waals surface area contributed by atoms with E-state index in [2.05, 4.69) is 52.8 Å². The van der Waals surface area contributed by atoms with Crippen LogP contribution < -0.4 is 0 Å². The molecule has 152 valence electrons. The maximum atomic E-state index is 12.5. The van der Waals surface area contributed by atoms with Crippen molar-refractivity contribution >= 4 is 17.0 Å². The first-order valence-electron chi connectivity index (χ1n) is 10.0. The Bertz CT molecular complexity index is 1180. The fraction of sp³-hybridized carbons (Fsp3) is 0.200. The van der Waals surface area contributed by atoms with Crippen LogP contribution in [0.1, 0.15) is 22.8 Å². The van der Waals surface area contributed by atoms with Crippen molar-refractivity contribution in [3.8, 4) is 16.8 Å². The number of benzene rings is 3. The van der Waals surface area contributed by atoms with E-state index in [0.29, 0.717) is 12.2 Å². The third-order valence-electron chi connectivity index (χ3n) is 4.93. The molecule has 5 nitrogen and oxygen atoms in total. The number of fused-ring (bicyclic) bond motifs is 1. The van der Waals surface area contributed by atoms with E-state index < -0.39 is 0 Å². The van der Waals surface area contributed by atoms with Gasteiger partial charge in [-0.25, -0.2) is 9.78 Å². The fourth-order valence-electron chi connectivity index (χ4n) is 3.69. The molecule has 0 saturated heterocycles. The number of hydrogen-bond donors (Lipinski definition) is 0. The number of rotatable bonds is 6. The number of hydrogen-bond acceptors (Lipinski definition) is 4. The molecular formula is C25H25N3O2. The highest BCUT2D eigenvalue weighted by Gasteiger charge is 2.17. The molecule has 0 unspecified atom stereocenters. The molecule has 4 rings (SSSR count). The molecule has 0 spiro atoms. The minimum absolute atomic E-state index is 0.334. The van der Waals surface area contributed by atoms with Gasteiger partial charge in [-0.3, -0.25) is 4.57 Å². The topological polar surface area (TPSA) is 47.4 Å². The minimum Gasteiger partial charge on any atom is -0.462 e. The van der Waals surface area contributed by atoms with E-state index in [1.165, 1.54) is 5.56 Å². The van der Waals surface area contributed by atoms with E-state index in [-0.39, 0.29) is 5.97 Å². The fourth-order valence-corrected chi connectivity index (χ4v) is 3.69. The van der Waals surface area contributed by atoms with Gasteiger partial charge >= 0.3 is 5.97 Å². The zero-order chi connectivity index (χ0) is 21.1. The highest BCUT2D eigenvalue weighted by atomic mass is 16.5. The highest BCUT2D eigenvalue weighted by molar-refractivity contribution is 6.01. The summed E-state index contributed by atoms with van der Waals surface area (Å²) in [5.74, 6) is -0.334. The average Bonchev–Trinajstić information content (AvgIpc) is 3.18. The predicted molar refractivity (Wildman–Crippen MR) is 120 cm³/mol. The Kier molecular flexibility index (Phi) is 5.63. The van der Waals surface area contributed by atoms with Crippen molar-refractivity contribution in [2.75, 3.05) is 20.7 Å². The predicted octanol–water partition coefficient (Wildman–Crippen LogP) is 4.93. The maximum Gasteiger partial charge on any atom is 0.338 e. The van der Waals surface area contributed by atoms with Crippen LogP contribution in [0.25, 0.3) is 27.8 Å². The standard InChI is InChI=1S/C25H25N3O2/c1-4-30-25(29)20-14-22(19-10-8-9-18(13-19)16-27(2)3)24-23(15-20)26-17-28(24)21-11-6-5-7-12-21/h5-15,17H,4,16H2,1-3H3. The lowest BCUT2D eigenvalue weighted by atomic mass is 9.99. The first-order chi connectivity index (χ1) is 14.6. The van der Waals surface area contributed by atoms with Crippen LogP contribution in [0.15, 0.2) is 73.1 Å². The highest BCUT2D eigenvalue weighted by Crippen LogP contribution is 2.32. The van der Waals surface area contributed by atoms with Crippen LogP contribution in [-0.4, -0.2) is 41.1 Å². The second-order valence-corrected chi connectivity index (χ2v) is 7.50. The number of carbonyl (C=O) groups excluding carboxylic acids is 1. The molecule has 1 aromatic heterocycles. The SMILES string of the molecule is CCOC(=O)c1cc(-c2cccc(CN(C)C)c2)c2c(c1)ncn2-c1ccccc1. The van der Waals surface area contributed by atoms with Crippen molar-refractivity contribution in [2.24, 2.45) is 0 Å². The van der Waals surface area contributed by atoms with E-state index in [0.717, 1.165) is 34.4 Å². The number of esters is 1. The Hall–Kier alpha value is -3.44. The van der Waals surface area contributed by atoms with Crippen molar-refractivity contribution in [2.45, 2.75) is 13.5 Å². The molecule has 3 aromatic carbocycles. The Morgan fingerprint density at radius 2 is 1.83 bits per heavy atom. The molecule has 4 aromatic rings. The van der Waals surface area contributed by atoms with E-state index in [9.17, 15) is 4.79 Å².